The van der Waals surface area contributed by atoms with Crippen molar-refractivity contribution in [2.24, 2.45) is 4.99 Å². The third-order valence-electron chi connectivity index (χ3n) is 2.68. The van der Waals surface area contributed by atoms with E-state index in [1.54, 1.807) is 0 Å². The molecular formula is C13H25N3. The van der Waals surface area contributed by atoms with Crippen molar-refractivity contribution >= 4 is 6.21 Å². The number of dihydropyridines is 1. The molecule has 0 spiro atoms. The predicted octanol–water partition coefficient (Wildman–Crippen LogP) is 2.10. The van der Waals surface area contributed by atoms with Gasteiger partial charge in [-0.2, -0.15) is 0 Å². The summed E-state index contributed by atoms with van der Waals surface area (Å²) in [4.78, 5) is 4.57. The Balaban J connectivity index is 2.91. The van der Waals surface area contributed by atoms with Crippen molar-refractivity contribution in [2.75, 3.05) is 0 Å². The normalized spacial score (nSPS) is 23.3. The summed E-state index contributed by atoms with van der Waals surface area (Å²) in [5.74, 6) is 0. The molecule has 0 radical (unpaired) electrons. The molecule has 3 nitrogen and oxygen atoms in total. The zero-order valence-electron chi connectivity index (χ0n) is 11.1. The second-order valence-electron chi connectivity index (χ2n) is 5.05. The third kappa shape index (κ3) is 3.16. The first kappa shape index (κ1) is 13.4. The highest BCUT2D eigenvalue weighted by Gasteiger charge is 2.36. The number of aliphatic imine (C=N–C) groups is 1. The molecular weight excluding hydrogens is 198 g/mol. The van der Waals surface area contributed by atoms with E-state index in [0.717, 1.165) is 6.42 Å². The summed E-state index contributed by atoms with van der Waals surface area (Å²) >= 11 is 0. The van der Waals surface area contributed by atoms with Crippen molar-refractivity contribution in [1.82, 2.24) is 10.6 Å². The quantitative estimate of drug-likeness (QED) is 0.700. The summed E-state index contributed by atoms with van der Waals surface area (Å²) < 4.78 is 0. The first-order chi connectivity index (χ1) is 7.50. The summed E-state index contributed by atoms with van der Waals surface area (Å²) in [6.45, 7) is 10.9. The highest BCUT2D eigenvalue weighted by Crippen LogP contribution is 2.20. The van der Waals surface area contributed by atoms with E-state index in [1.165, 1.54) is 0 Å². The van der Waals surface area contributed by atoms with E-state index in [2.05, 4.69) is 56.3 Å². The summed E-state index contributed by atoms with van der Waals surface area (Å²) in [5, 5.41) is 7.23. The van der Waals surface area contributed by atoms with Gasteiger partial charge in [-0.3, -0.25) is 15.6 Å². The van der Waals surface area contributed by atoms with Crippen LogP contribution in [0.1, 0.15) is 41.0 Å². The van der Waals surface area contributed by atoms with Crippen LogP contribution in [0, 0.1) is 0 Å². The fraction of sp³-hybridized carbons (Fsp3) is 0.769. The lowest BCUT2D eigenvalue weighted by molar-refractivity contribution is 0.228. The minimum absolute atomic E-state index is 0.189. The largest absolute Gasteiger partial charge is 0.292 e. The molecule has 0 aromatic carbocycles. The summed E-state index contributed by atoms with van der Waals surface area (Å²) in [5.41, 5.74) is -0.189. The van der Waals surface area contributed by atoms with Gasteiger partial charge in [-0.1, -0.05) is 6.92 Å². The smallest absolute Gasteiger partial charge is 0.112 e. The van der Waals surface area contributed by atoms with Gasteiger partial charge in [0.05, 0.1) is 6.04 Å². The van der Waals surface area contributed by atoms with Crippen LogP contribution in [0.4, 0.5) is 0 Å². The summed E-state index contributed by atoms with van der Waals surface area (Å²) in [6, 6.07) is 1.12. The number of nitrogens with one attached hydrogen (secondary N) is 2. The molecule has 0 bridgehead atoms. The molecule has 3 heteroatoms. The van der Waals surface area contributed by atoms with E-state index >= 15 is 0 Å². The summed E-state index contributed by atoms with van der Waals surface area (Å²) in [6.07, 6.45) is 7.15. The average Bonchev–Trinajstić information content (AvgIpc) is 2.15. The minimum atomic E-state index is -0.189. The molecule has 1 unspecified atom stereocenters. The number of allylic oxidation sites excluding steroid dienone is 1. The van der Waals surface area contributed by atoms with Crippen LogP contribution in [0.2, 0.25) is 0 Å². The highest BCUT2D eigenvalue weighted by molar-refractivity contribution is 5.73. The Morgan fingerprint density at radius 2 is 1.75 bits per heavy atom. The van der Waals surface area contributed by atoms with Gasteiger partial charge in [-0.05, 0) is 46.3 Å². The fourth-order valence-electron chi connectivity index (χ4n) is 2.29. The Morgan fingerprint density at radius 3 is 2.19 bits per heavy atom. The van der Waals surface area contributed by atoms with Crippen molar-refractivity contribution in [3.8, 4) is 0 Å². The third-order valence-corrected chi connectivity index (χ3v) is 2.68. The molecule has 0 aromatic heterocycles. The molecule has 1 heterocycles. The van der Waals surface area contributed by atoms with Crippen molar-refractivity contribution in [2.45, 2.75) is 64.8 Å². The van der Waals surface area contributed by atoms with Gasteiger partial charge in [0.25, 0.3) is 0 Å². The van der Waals surface area contributed by atoms with E-state index in [-0.39, 0.29) is 11.7 Å². The second-order valence-corrected chi connectivity index (χ2v) is 5.05. The van der Waals surface area contributed by atoms with Gasteiger partial charge in [0.1, 0.15) is 5.66 Å². The van der Waals surface area contributed by atoms with Gasteiger partial charge in [-0.15, -0.1) is 0 Å². The Morgan fingerprint density at radius 1 is 1.19 bits per heavy atom. The fourth-order valence-corrected chi connectivity index (χ4v) is 2.29. The van der Waals surface area contributed by atoms with Gasteiger partial charge < -0.3 is 0 Å². The Hall–Kier alpha value is -0.670. The van der Waals surface area contributed by atoms with Crippen LogP contribution in [0.5, 0.6) is 0 Å². The van der Waals surface area contributed by atoms with E-state index in [4.69, 9.17) is 0 Å². The second kappa shape index (κ2) is 5.60. The molecule has 0 aromatic rings. The molecule has 0 fully saturated rings. The Labute approximate surface area is 99.4 Å². The standard InChI is InChI=1S/C13H25N3/c1-6-12-13(15-10(2)3,16-11(4)5)8-7-9-14-12/h7-12,15-16H,6H2,1-5H3. The first-order valence-electron chi connectivity index (χ1n) is 6.26. The SMILES string of the molecule is CCC1N=CC=CC1(NC(C)C)NC(C)C. The van der Waals surface area contributed by atoms with Gasteiger partial charge in [0.2, 0.25) is 0 Å². The predicted molar refractivity (Wildman–Crippen MR) is 71.0 cm³/mol. The molecule has 1 aliphatic rings. The van der Waals surface area contributed by atoms with Gasteiger partial charge in [0, 0.05) is 18.3 Å². The minimum Gasteiger partial charge on any atom is -0.292 e. The van der Waals surface area contributed by atoms with Crippen molar-refractivity contribution in [1.29, 1.82) is 0 Å². The van der Waals surface area contributed by atoms with Crippen LogP contribution in [0.15, 0.2) is 17.1 Å². The molecule has 0 amide bonds. The number of hydrogen-bond donors (Lipinski definition) is 2. The average molecular weight is 223 g/mol. The Bertz CT molecular complexity index is 256. The molecule has 16 heavy (non-hydrogen) atoms. The first-order valence-corrected chi connectivity index (χ1v) is 6.26. The maximum atomic E-state index is 4.57. The maximum Gasteiger partial charge on any atom is 0.112 e. The molecule has 1 atom stereocenters. The molecule has 0 aliphatic carbocycles. The monoisotopic (exact) mass is 223 g/mol. The molecule has 2 N–H and O–H groups in total. The van der Waals surface area contributed by atoms with Crippen LogP contribution < -0.4 is 10.6 Å². The highest BCUT2D eigenvalue weighted by atomic mass is 15.2. The van der Waals surface area contributed by atoms with Crippen molar-refractivity contribution < 1.29 is 0 Å². The lowest BCUT2D eigenvalue weighted by atomic mass is 9.93. The van der Waals surface area contributed by atoms with Gasteiger partial charge >= 0.3 is 0 Å². The van der Waals surface area contributed by atoms with Gasteiger partial charge in [-0.25, -0.2) is 0 Å². The van der Waals surface area contributed by atoms with Crippen LogP contribution >= 0.6 is 0 Å². The topological polar surface area (TPSA) is 36.4 Å². The van der Waals surface area contributed by atoms with E-state index < -0.39 is 0 Å². The Kier molecular flexibility index (Phi) is 4.69. The van der Waals surface area contributed by atoms with E-state index in [9.17, 15) is 0 Å². The molecule has 1 rings (SSSR count). The van der Waals surface area contributed by atoms with Crippen LogP contribution in [-0.2, 0) is 0 Å². The molecule has 92 valence electrons. The van der Waals surface area contributed by atoms with Crippen molar-refractivity contribution in [3.05, 3.63) is 12.2 Å². The van der Waals surface area contributed by atoms with E-state index in [1.807, 2.05) is 12.3 Å². The summed E-state index contributed by atoms with van der Waals surface area (Å²) in [7, 11) is 0. The van der Waals surface area contributed by atoms with E-state index in [0.29, 0.717) is 12.1 Å². The zero-order valence-corrected chi connectivity index (χ0v) is 11.1. The number of nitrogens with zero attached hydrogens (tertiary/aromatic N) is 1. The molecule has 0 saturated heterocycles. The number of rotatable bonds is 5. The lowest BCUT2D eigenvalue weighted by Crippen LogP contribution is -2.66. The van der Waals surface area contributed by atoms with Crippen LogP contribution in [-0.4, -0.2) is 30.0 Å². The van der Waals surface area contributed by atoms with Crippen LogP contribution in [0.3, 0.4) is 0 Å². The van der Waals surface area contributed by atoms with Crippen LogP contribution in [0.25, 0.3) is 0 Å². The molecule has 0 saturated carbocycles. The molecule has 1 aliphatic heterocycles. The lowest BCUT2D eigenvalue weighted by Gasteiger charge is -2.42. The maximum absolute atomic E-state index is 4.57. The van der Waals surface area contributed by atoms with Gasteiger partial charge in [0.15, 0.2) is 0 Å². The number of hydrogen-bond acceptors (Lipinski definition) is 3. The van der Waals surface area contributed by atoms with Crippen molar-refractivity contribution in [3.63, 3.8) is 0 Å². The zero-order chi connectivity index (χ0) is 12.2.